The standard InChI is InChI=1S/C24H17Cl2N3O2/c1-15-5-7-17(8-6-15)23(30)28-20-4-2-3-16(12-20)11-18(14-27)24(31)29-22-10-9-19(25)13-21(22)26/h2-13H,1H3,(H,28,30)(H,29,31)/b18-11+. The number of aryl methyl sites for hydroxylation is 1. The summed E-state index contributed by atoms with van der Waals surface area (Å²) in [5.74, 6) is -0.863. The number of halogens is 2. The third kappa shape index (κ3) is 5.95. The maximum Gasteiger partial charge on any atom is 0.266 e. The van der Waals surface area contributed by atoms with Crippen LogP contribution in [0.4, 0.5) is 11.4 Å². The van der Waals surface area contributed by atoms with Gasteiger partial charge < -0.3 is 10.6 Å². The molecule has 0 aromatic heterocycles. The van der Waals surface area contributed by atoms with Gasteiger partial charge in [0.05, 0.1) is 10.7 Å². The Bertz CT molecular complexity index is 1210. The van der Waals surface area contributed by atoms with Gasteiger partial charge in [0.25, 0.3) is 11.8 Å². The highest BCUT2D eigenvalue weighted by molar-refractivity contribution is 6.36. The Labute approximate surface area is 189 Å². The molecule has 154 valence electrons. The van der Waals surface area contributed by atoms with Crippen LogP contribution >= 0.6 is 23.2 Å². The Hall–Kier alpha value is -3.59. The van der Waals surface area contributed by atoms with Crippen molar-refractivity contribution in [3.05, 3.63) is 99.0 Å². The average molecular weight is 450 g/mol. The third-order valence-corrected chi connectivity index (χ3v) is 4.86. The van der Waals surface area contributed by atoms with Crippen LogP contribution in [0, 0.1) is 18.3 Å². The molecule has 7 heteroatoms. The topological polar surface area (TPSA) is 82.0 Å². The van der Waals surface area contributed by atoms with Gasteiger partial charge in [0.1, 0.15) is 11.6 Å². The van der Waals surface area contributed by atoms with Crippen molar-refractivity contribution in [1.82, 2.24) is 0 Å². The number of anilines is 2. The predicted octanol–water partition coefficient (Wildman–Crippen LogP) is 6.10. The number of hydrogen-bond acceptors (Lipinski definition) is 3. The van der Waals surface area contributed by atoms with Crippen molar-refractivity contribution in [2.45, 2.75) is 6.92 Å². The summed E-state index contributed by atoms with van der Waals surface area (Å²) in [5, 5.41) is 15.5. The van der Waals surface area contributed by atoms with Crippen LogP contribution in [0.25, 0.3) is 6.08 Å². The summed E-state index contributed by atoms with van der Waals surface area (Å²) in [4.78, 5) is 24.9. The highest BCUT2D eigenvalue weighted by Gasteiger charge is 2.12. The molecule has 0 saturated heterocycles. The normalized spacial score (nSPS) is 10.8. The summed E-state index contributed by atoms with van der Waals surface area (Å²) in [6.45, 7) is 1.95. The Morgan fingerprint density at radius 3 is 2.39 bits per heavy atom. The van der Waals surface area contributed by atoms with E-state index in [4.69, 9.17) is 23.2 Å². The van der Waals surface area contributed by atoms with E-state index < -0.39 is 5.91 Å². The number of rotatable bonds is 5. The van der Waals surface area contributed by atoms with E-state index in [-0.39, 0.29) is 16.5 Å². The molecule has 2 amide bonds. The minimum Gasteiger partial charge on any atom is -0.322 e. The number of nitrogens with one attached hydrogen (secondary N) is 2. The SMILES string of the molecule is Cc1ccc(C(=O)Nc2cccc(/C=C(\C#N)C(=O)Nc3ccc(Cl)cc3Cl)c2)cc1. The fourth-order valence-electron chi connectivity index (χ4n) is 2.71. The van der Waals surface area contributed by atoms with Crippen LogP contribution in [-0.4, -0.2) is 11.8 Å². The van der Waals surface area contributed by atoms with Gasteiger partial charge in [-0.05, 0) is 61.0 Å². The monoisotopic (exact) mass is 449 g/mol. The second-order valence-electron chi connectivity index (χ2n) is 6.69. The quantitative estimate of drug-likeness (QED) is 0.364. The first kappa shape index (κ1) is 22.1. The van der Waals surface area contributed by atoms with Gasteiger partial charge in [-0.25, -0.2) is 0 Å². The third-order valence-electron chi connectivity index (χ3n) is 4.31. The maximum atomic E-state index is 12.5. The molecule has 0 heterocycles. The van der Waals surface area contributed by atoms with Crippen LogP contribution in [0.5, 0.6) is 0 Å². The molecule has 0 unspecified atom stereocenters. The van der Waals surface area contributed by atoms with Crippen molar-refractivity contribution in [3.63, 3.8) is 0 Å². The van der Waals surface area contributed by atoms with Gasteiger partial charge in [0, 0.05) is 16.3 Å². The van der Waals surface area contributed by atoms with Gasteiger partial charge in [-0.15, -0.1) is 0 Å². The number of nitrogens with zero attached hydrogens (tertiary/aromatic N) is 1. The van der Waals surface area contributed by atoms with Crippen molar-refractivity contribution in [2.24, 2.45) is 0 Å². The molecule has 0 aliphatic rings. The molecule has 2 N–H and O–H groups in total. The smallest absolute Gasteiger partial charge is 0.266 e. The van der Waals surface area contributed by atoms with E-state index in [2.05, 4.69) is 10.6 Å². The van der Waals surface area contributed by atoms with Crippen LogP contribution in [0.1, 0.15) is 21.5 Å². The minimum absolute atomic E-state index is 0.118. The summed E-state index contributed by atoms with van der Waals surface area (Å²) in [6, 6.07) is 20.6. The summed E-state index contributed by atoms with van der Waals surface area (Å²) in [7, 11) is 0. The van der Waals surface area contributed by atoms with Crippen LogP contribution < -0.4 is 10.6 Å². The number of carbonyl (C=O) groups excluding carboxylic acids is 2. The van der Waals surface area contributed by atoms with E-state index in [0.29, 0.717) is 27.5 Å². The molecule has 3 rings (SSSR count). The average Bonchev–Trinajstić information content (AvgIpc) is 2.74. The molecule has 0 radical (unpaired) electrons. The summed E-state index contributed by atoms with van der Waals surface area (Å²) >= 11 is 11.9. The van der Waals surface area contributed by atoms with Gasteiger partial charge in [0.2, 0.25) is 0 Å². The second kappa shape index (κ2) is 9.94. The maximum absolute atomic E-state index is 12.5. The lowest BCUT2D eigenvalue weighted by molar-refractivity contribution is -0.112. The van der Waals surface area contributed by atoms with E-state index in [1.807, 2.05) is 25.1 Å². The van der Waals surface area contributed by atoms with Gasteiger partial charge in [0.15, 0.2) is 0 Å². The molecular formula is C24H17Cl2N3O2. The highest BCUT2D eigenvalue weighted by atomic mass is 35.5. The van der Waals surface area contributed by atoms with Gasteiger partial charge in [-0.1, -0.05) is 53.0 Å². The van der Waals surface area contributed by atoms with Gasteiger partial charge >= 0.3 is 0 Å². The Kier molecular flexibility index (Phi) is 7.09. The van der Waals surface area contributed by atoms with Crippen molar-refractivity contribution in [1.29, 1.82) is 5.26 Å². The largest absolute Gasteiger partial charge is 0.322 e. The Morgan fingerprint density at radius 1 is 0.968 bits per heavy atom. The lowest BCUT2D eigenvalue weighted by Gasteiger charge is -2.08. The fraction of sp³-hybridized carbons (Fsp3) is 0.0417. The first-order valence-corrected chi connectivity index (χ1v) is 9.97. The molecule has 5 nitrogen and oxygen atoms in total. The van der Waals surface area contributed by atoms with E-state index in [0.717, 1.165) is 5.56 Å². The highest BCUT2D eigenvalue weighted by Crippen LogP contribution is 2.26. The zero-order valence-electron chi connectivity index (χ0n) is 16.4. The number of carbonyl (C=O) groups is 2. The van der Waals surface area contributed by atoms with Crippen LogP contribution in [-0.2, 0) is 4.79 Å². The van der Waals surface area contributed by atoms with E-state index in [1.54, 1.807) is 48.5 Å². The molecule has 3 aromatic carbocycles. The van der Waals surface area contributed by atoms with Gasteiger partial charge in [-0.2, -0.15) is 5.26 Å². The fourth-order valence-corrected chi connectivity index (χ4v) is 3.17. The molecule has 0 saturated carbocycles. The zero-order valence-corrected chi connectivity index (χ0v) is 18.0. The van der Waals surface area contributed by atoms with Crippen molar-refractivity contribution in [2.75, 3.05) is 10.6 Å². The molecule has 3 aromatic rings. The van der Waals surface area contributed by atoms with E-state index in [1.165, 1.54) is 12.1 Å². The second-order valence-corrected chi connectivity index (χ2v) is 7.54. The van der Waals surface area contributed by atoms with Crippen LogP contribution in [0.3, 0.4) is 0 Å². The Morgan fingerprint density at radius 2 is 1.71 bits per heavy atom. The number of benzene rings is 3. The van der Waals surface area contributed by atoms with Crippen molar-refractivity contribution in [3.8, 4) is 6.07 Å². The van der Waals surface area contributed by atoms with Crippen molar-refractivity contribution < 1.29 is 9.59 Å². The minimum atomic E-state index is -0.610. The molecule has 0 fully saturated rings. The summed E-state index contributed by atoms with van der Waals surface area (Å²) < 4.78 is 0. The number of nitriles is 1. The number of hydrogen-bond donors (Lipinski definition) is 2. The van der Waals surface area contributed by atoms with Crippen LogP contribution in [0.2, 0.25) is 10.0 Å². The zero-order chi connectivity index (χ0) is 22.4. The molecule has 31 heavy (non-hydrogen) atoms. The molecule has 0 bridgehead atoms. The van der Waals surface area contributed by atoms with Crippen LogP contribution in [0.15, 0.2) is 72.3 Å². The lowest BCUT2D eigenvalue weighted by atomic mass is 10.1. The van der Waals surface area contributed by atoms with E-state index in [9.17, 15) is 14.9 Å². The molecule has 0 aliphatic carbocycles. The molecule has 0 spiro atoms. The number of amides is 2. The van der Waals surface area contributed by atoms with Crippen molar-refractivity contribution >= 4 is 52.5 Å². The molecular weight excluding hydrogens is 433 g/mol. The first-order chi connectivity index (χ1) is 14.9. The van der Waals surface area contributed by atoms with E-state index >= 15 is 0 Å². The Balaban J connectivity index is 1.76. The summed E-state index contributed by atoms with van der Waals surface area (Å²) in [5.41, 5.74) is 2.94. The molecule has 0 aliphatic heterocycles. The van der Waals surface area contributed by atoms with Gasteiger partial charge in [-0.3, -0.25) is 9.59 Å². The first-order valence-electron chi connectivity index (χ1n) is 9.22. The lowest BCUT2D eigenvalue weighted by Crippen LogP contribution is -2.14. The predicted molar refractivity (Wildman–Crippen MR) is 124 cm³/mol. The summed E-state index contributed by atoms with van der Waals surface area (Å²) in [6.07, 6.45) is 1.43. The molecule has 0 atom stereocenters.